The number of nitrogens with one attached hydrogen (secondary N) is 1. The normalized spacial score (nSPS) is 23.6. The second kappa shape index (κ2) is 6.82. The second-order valence-corrected chi connectivity index (χ2v) is 8.60. The molecule has 2 aliphatic heterocycles. The van der Waals surface area contributed by atoms with Crippen LogP contribution in [-0.4, -0.2) is 37.8 Å². The van der Waals surface area contributed by atoms with Gasteiger partial charge in [0.1, 0.15) is 5.75 Å². The SMILES string of the molecule is CC(C)c1ccc(NC(=O)Oc2ccc3c(c2)[C@@]2(C)CCN(C)C2N3C)cc1. The number of likely N-dealkylation sites (tertiary alicyclic amines) is 1. The summed E-state index contributed by atoms with van der Waals surface area (Å²) in [5.41, 5.74) is 4.51. The first-order valence-electron chi connectivity index (χ1n) is 9.96. The Morgan fingerprint density at radius 1 is 1.18 bits per heavy atom. The van der Waals surface area contributed by atoms with E-state index in [4.69, 9.17) is 4.74 Å². The van der Waals surface area contributed by atoms with Crippen LogP contribution in [0.3, 0.4) is 0 Å². The number of rotatable bonds is 3. The number of nitrogens with zero attached hydrogens (tertiary/aromatic N) is 2. The molecule has 0 aromatic heterocycles. The molecule has 1 unspecified atom stereocenters. The zero-order valence-corrected chi connectivity index (χ0v) is 17.3. The van der Waals surface area contributed by atoms with E-state index in [-0.39, 0.29) is 5.41 Å². The fraction of sp³-hybridized carbons (Fsp3) is 0.435. The van der Waals surface area contributed by atoms with E-state index in [0.717, 1.165) is 18.7 Å². The third-order valence-corrected chi connectivity index (χ3v) is 6.34. The van der Waals surface area contributed by atoms with Crippen molar-refractivity contribution < 1.29 is 9.53 Å². The minimum Gasteiger partial charge on any atom is -0.410 e. The van der Waals surface area contributed by atoms with E-state index in [9.17, 15) is 4.79 Å². The molecule has 2 heterocycles. The van der Waals surface area contributed by atoms with Crippen molar-refractivity contribution in [2.75, 3.05) is 30.9 Å². The van der Waals surface area contributed by atoms with E-state index in [1.807, 2.05) is 36.4 Å². The molecular weight excluding hydrogens is 350 g/mol. The monoisotopic (exact) mass is 379 g/mol. The molecule has 0 radical (unpaired) electrons. The van der Waals surface area contributed by atoms with Crippen molar-refractivity contribution in [2.24, 2.45) is 0 Å². The lowest BCUT2D eigenvalue weighted by molar-refractivity contribution is 0.215. The number of carbonyl (C=O) groups excluding carboxylic acids is 1. The van der Waals surface area contributed by atoms with E-state index >= 15 is 0 Å². The molecule has 4 rings (SSSR count). The van der Waals surface area contributed by atoms with Gasteiger partial charge in [0, 0.05) is 30.4 Å². The van der Waals surface area contributed by atoms with Gasteiger partial charge in [-0.1, -0.05) is 32.9 Å². The average Bonchev–Trinajstić information content (AvgIpc) is 3.07. The van der Waals surface area contributed by atoms with Crippen LogP contribution in [-0.2, 0) is 5.41 Å². The van der Waals surface area contributed by atoms with Crippen LogP contribution in [0.1, 0.15) is 44.2 Å². The summed E-state index contributed by atoms with van der Waals surface area (Å²) < 4.78 is 5.59. The van der Waals surface area contributed by atoms with Crippen molar-refractivity contribution in [3.63, 3.8) is 0 Å². The predicted octanol–water partition coefficient (Wildman–Crippen LogP) is 4.79. The first kappa shape index (κ1) is 18.8. The number of hydrogen-bond acceptors (Lipinski definition) is 4. The highest BCUT2D eigenvalue weighted by Gasteiger charge is 2.52. The molecule has 5 nitrogen and oxygen atoms in total. The highest BCUT2D eigenvalue weighted by Crippen LogP contribution is 2.51. The van der Waals surface area contributed by atoms with Gasteiger partial charge in [-0.25, -0.2) is 4.79 Å². The fourth-order valence-corrected chi connectivity index (χ4v) is 4.82. The van der Waals surface area contributed by atoms with E-state index < -0.39 is 6.09 Å². The number of anilines is 2. The van der Waals surface area contributed by atoms with Crippen LogP contribution in [0, 0.1) is 0 Å². The Balaban J connectivity index is 1.49. The maximum Gasteiger partial charge on any atom is 0.417 e. The molecule has 2 atom stereocenters. The second-order valence-electron chi connectivity index (χ2n) is 8.60. The van der Waals surface area contributed by atoms with Crippen LogP contribution in [0.5, 0.6) is 5.75 Å². The Labute approximate surface area is 167 Å². The molecule has 0 spiro atoms. The third kappa shape index (κ3) is 3.04. The lowest BCUT2D eigenvalue weighted by Crippen LogP contribution is -2.45. The number of amides is 1. The Morgan fingerprint density at radius 2 is 1.89 bits per heavy atom. The van der Waals surface area contributed by atoms with Gasteiger partial charge in [-0.15, -0.1) is 0 Å². The molecule has 2 aromatic carbocycles. The van der Waals surface area contributed by atoms with E-state index in [2.05, 4.69) is 56.0 Å². The molecule has 0 bridgehead atoms. The quantitative estimate of drug-likeness (QED) is 0.833. The van der Waals surface area contributed by atoms with Crippen LogP contribution in [0.15, 0.2) is 42.5 Å². The summed E-state index contributed by atoms with van der Waals surface area (Å²) in [4.78, 5) is 17.1. The van der Waals surface area contributed by atoms with Gasteiger partial charge in [0.25, 0.3) is 0 Å². The van der Waals surface area contributed by atoms with Crippen molar-refractivity contribution in [1.29, 1.82) is 0 Å². The van der Waals surface area contributed by atoms with E-state index in [1.165, 1.54) is 16.8 Å². The van der Waals surface area contributed by atoms with Gasteiger partial charge in [0.15, 0.2) is 0 Å². The van der Waals surface area contributed by atoms with E-state index in [1.54, 1.807) is 0 Å². The number of ether oxygens (including phenoxy) is 1. The van der Waals surface area contributed by atoms with Crippen molar-refractivity contribution in [2.45, 2.75) is 44.7 Å². The summed E-state index contributed by atoms with van der Waals surface area (Å²) in [7, 11) is 4.32. The van der Waals surface area contributed by atoms with E-state index in [0.29, 0.717) is 17.8 Å². The molecule has 0 aliphatic carbocycles. The van der Waals surface area contributed by atoms with Crippen LogP contribution in [0.25, 0.3) is 0 Å². The molecule has 1 amide bonds. The molecule has 1 N–H and O–H groups in total. The summed E-state index contributed by atoms with van der Waals surface area (Å²) in [5.74, 6) is 1.05. The summed E-state index contributed by atoms with van der Waals surface area (Å²) in [5, 5.41) is 2.82. The molecule has 2 aliphatic rings. The minimum atomic E-state index is -0.464. The molecule has 148 valence electrons. The summed E-state index contributed by atoms with van der Waals surface area (Å²) >= 11 is 0. The van der Waals surface area contributed by atoms with Gasteiger partial charge < -0.3 is 9.64 Å². The molecule has 28 heavy (non-hydrogen) atoms. The maximum atomic E-state index is 12.4. The minimum absolute atomic E-state index is 0.0569. The Bertz CT molecular complexity index is 893. The Kier molecular flexibility index (Phi) is 4.58. The third-order valence-electron chi connectivity index (χ3n) is 6.34. The van der Waals surface area contributed by atoms with Crippen molar-refractivity contribution in [3.05, 3.63) is 53.6 Å². The maximum absolute atomic E-state index is 12.4. The highest BCUT2D eigenvalue weighted by atomic mass is 16.6. The van der Waals surface area contributed by atoms with Crippen LogP contribution >= 0.6 is 0 Å². The predicted molar refractivity (Wildman–Crippen MR) is 113 cm³/mol. The summed E-state index contributed by atoms with van der Waals surface area (Å²) in [6, 6.07) is 13.9. The van der Waals surface area contributed by atoms with Crippen LogP contribution < -0.4 is 15.0 Å². The van der Waals surface area contributed by atoms with Crippen molar-refractivity contribution >= 4 is 17.5 Å². The standard InChI is InChI=1S/C23H29N3O2/c1-15(2)16-6-8-17(9-7-16)24-22(27)28-18-10-11-20-19(14-18)23(3)12-13-25(4)21(23)26(20)5/h6-11,14-15,21H,12-13H2,1-5H3,(H,24,27)/t21?,23-/m1/s1. The first-order valence-corrected chi connectivity index (χ1v) is 9.96. The molecule has 2 aromatic rings. The van der Waals surface area contributed by atoms with Gasteiger partial charge >= 0.3 is 6.09 Å². The van der Waals surface area contributed by atoms with Crippen LogP contribution in [0.4, 0.5) is 16.2 Å². The molecular formula is C23H29N3O2. The molecule has 5 heteroatoms. The zero-order chi connectivity index (χ0) is 20.1. The number of benzene rings is 2. The number of likely N-dealkylation sites (N-methyl/N-ethyl adjacent to an activating group) is 2. The Morgan fingerprint density at radius 3 is 2.57 bits per heavy atom. The number of carbonyl (C=O) groups is 1. The lowest BCUT2D eigenvalue weighted by atomic mass is 9.81. The van der Waals surface area contributed by atoms with Gasteiger partial charge in [-0.3, -0.25) is 10.2 Å². The highest BCUT2D eigenvalue weighted by molar-refractivity contribution is 5.86. The fourth-order valence-electron chi connectivity index (χ4n) is 4.82. The average molecular weight is 380 g/mol. The number of fused-ring (bicyclic) bond motifs is 3. The van der Waals surface area contributed by atoms with Gasteiger partial charge in [0.05, 0.1) is 6.17 Å². The van der Waals surface area contributed by atoms with Gasteiger partial charge in [-0.2, -0.15) is 0 Å². The first-order chi connectivity index (χ1) is 13.3. The topological polar surface area (TPSA) is 44.8 Å². The molecule has 1 fully saturated rings. The van der Waals surface area contributed by atoms with Crippen molar-refractivity contribution in [1.82, 2.24) is 4.90 Å². The largest absolute Gasteiger partial charge is 0.417 e. The Hall–Kier alpha value is -2.53. The smallest absolute Gasteiger partial charge is 0.410 e. The van der Waals surface area contributed by atoms with Gasteiger partial charge in [-0.05, 0) is 60.8 Å². The zero-order valence-electron chi connectivity index (χ0n) is 17.3. The summed E-state index contributed by atoms with van der Waals surface area (Å²) in [6.45, 7) is 7.68. The summed E-state index contributed by atoms with van der Waals surface area (Å²) in [6.07, 6.45) is 0.989. The molecule has 0 saturated carbocycles. The van der Waals surface area contributed by atoms with Gasteiger partial charge in [0.2, 0.25) is 0 Å². The molecule has 1 saturated heterocycles. The lowest BCUT2D eigenvalue weighted by Gasteiger charge is -2.32. The number of hydrogen-bond donors (Lipinski definition) is 1. The van der Waals surface area contributed by atoms with Crippen LogP contribution in [0.2, 0.25) is 0 Å². The van der Waals surface area contributed by atoms with Crippen molar-refractivity contribution in [3.8, 4) is 5.75 Å².